The minimum Gasteiger partial charge on any atom is -0.294 e. The standard InChI is InChI=1S/C18H21NO8S/c20-13-7-8-14(21)12(13)6-3-10-1-4-11(5-2-10)17(23)19-16(22)9-15(18(19)24)28(25,26)27/h7-8,10-12,15H,1-6,9H2,(H,25,26,27). The van der Waals surface area contributed by atoms with Crippen LogP contribution in [-0.2, 0) is 34.1 Å². The lowest BCUT2D eigenvalue weighted by atomic mass is 9.78. The number of likely N-dealkylation sites (tertiary alicyclic amines) is 1. The van der Waals surface area contributed by atoms with Crippen molar-refractivity contribution >= 4 is 39.4 Å². The molecule has 0 radical (unpaired) electrons. The Labute approximate surface area is 161 Å². The molecule has 9 nitrogen and oxygen atoms in total. The Hall–Kier alpha value is -2.20. The fourth-order valence-electron chi connectivity index (χ4n) is 4.17. The Kier molecular flexibility index (Phi) is 5.62. The Morgan fingerprint density at radius 2 is 1.57 bits per heavy atom. The van der Waals surface area contributed by atoms with Gasteiger partial charge in [-0.15, -0.1) is 0 Å². The maximum Gasteiger partial charge on any atom is 0.277 e. The maximum absolute atomic E-state index is 12.6. The molecule has 0 bridgehead atoms. The number of hydrogen-bond donors (Lipinski definition) is 1. The van der Waals surface area contributed by atoms with Crippen LogP contribution in [0.1, 0.15) is 44.9 Å². The SMILES string of the molecule is O=C1C=CC(=O)C1CCC1CCC(C(=O)N2C(=O)CC(S(=O)(=O)O)C2=O)CC1. The summed E-state index contributed by atoms with van der Waals surface area (Å²) in [7, 11) is -4.74. The van der Waals surface area contributed by atoms with Gasteiger partial charge in [-0.05, 0) is 56.6 Å². The molecule has 1 heterocycles. The Bertz CT molecular complexity index is 848. The largest absolute Gasteiger partial charge is 0.294 e. The number of amides is 3. The van der Waals surface area contributed by atoms with Crippen LogP contribution in [0.2, 0.25) is 0 Å². The van der Waals surface area contributed by atoms with E-state index >= 15 is 0 Å². The molecule has 1 saturated heterocycles. The summed E-state index contributed by atoms with van der Waals surface area (Å²) < 4.78 is 31.4. The summed E-state index contributed by atoms with van der Waals surface area (Å²) >= 11 is 0. The lowest BCUT2D eigenvalue weighted by molar-refractivity contribution is -0.152. The Balaban J connectivity index is 1.53. The highest BCUT2D eigenvalue weighted by atomic mass is 32.2. The van der Waals surface area contributed by atoms with E-state index in [9.17, 15) is 32.4 Å². The number of nitrogens with zero attached hydrogens (tertiary/aromatic N) is 1. The van der Waals surface area contributed by atoms with Crippen molar-refractivity contribution in [3.8, 4) is 0 Å². The predicted octanol–water partition coefficient (Wildman–Crippen LogP) is 0.439. The third-order valence-corrected chi connectivity index (χ3v) is 6.93. The van der Waals surface area contributed by atoms with E-state index < -0.39 is 51.3 Å². The lowest BCUT2D eigenvalue weighted by Gasteiger charge is -2.29. The molecule has 2 fully saturated rings. The number of allylic oxidation sites excluding steroid dienone is 2. The number of carbonyl (C=O) groups excluding carboxylic acids is 5. The van der Waals surface area contributed by atoms with Crippen LogP contribution >= 0.6 is 0 Å². The highest BCUT2D eigenvalue weighted by molar-refractivity contribution is 7.87. The Morgan fingerprint density at radius 3 is 2.07 bits per heavy atom. The molecule has 0 aromatic carbocycles. The first kappa shape index (κ1) is 20.5. The van der Waals surface area contributed by atoms with Gasteiger partial charge in [0.25, 0.3) is 16.0 Å². The van der Waals surface area contributed by atoms with Crippen molar-refractivity contribution in [3.63, 3.8) is 0 Å². The molecule has 152 valence electrons. The molecule has 1 N–H and O–H groups in total. The van der Waals surface area contributed by atoms with Gasteiger partial charge in [0.15, 0.2) is 16.8 Å². The molecule has 3 aliphatic rings. The van der Waals surface area contributed by atoms with E-state index in [1.165, 1.54) is 12.2 Å². The maximum atomic E-state index is 12.6. The number of hydrogen-bond acceptors (Lipinski definition) is 7. The zero-order valence-electron chi connectivity index (χ0n) is 15.1. The molecule has 1 saturated carbocycles. The zero-order chi connectivity index (χ0) is 20.6. The smallest absolute Gasteiger partial charge is 0.277 e. The summed E-state index contributed by atoms with van der Waals surface area (Å²) in [5.41, 5.74) is 0. The molecular weight excluding hydrogens is 390 g/mol. The first-order valence-electron chi connectivity index (χ1n) is 9.22. The summed E-state index contributed by atoms with van der Waals surface area (Å²) in [6.45, 7) is 0. The second-order valence-electron chi connectivity index (χ2n) is 7.60. The summed E-state index contributed by atoms with van der Waals surface area (Å²) in [4.78, 5) is 60.2. The Morgan fingerprint density at radius 1 is 1.00 bits per heavy atom. The molecule has 10 heteroatoms. The molecule has 3 amide bonds. The molecule has 0 spiro atoms. The van der Waals surface area contributed by atoms with Gasteiger partial charge in [-0.25, -0.2) is 4.90 Å². The van der Waals surface area contributed by atoms with Crippen LogP contribution in [0.5, 0.6) is 0 Å². The van der Waals surface area contributed by atoms with Gasteiger partial charge in [-0.1, -0.05) is 0 Å². The molecule has 28 heavy (non-hydrogen) atoms. The predicted molar refractivity (Wildman–Crippen MR) is 94.1 cm³/mol. The number of rotatable bonds is 5. The molecule has 3 rings (SSSR count). The molecular formula is C18H21NO8S. The van der Waals surface area contributed by atoms with Gasteiger partial charge in [-0.3, -0.25) is 28.5 Å². The van der Waals surface area contributed by atoms with Crippen LogP contribution in [0, 0.1) is 17.8 Å². The fraction of sp³-hybridized carbons (Fsp3) is 0.611. The topological polar surface area (TPSA) is 143 Å². The van der Waals surface area contributed by atoms with E-state index in [1.54, 1.807) is 0 Å². The third kappa shape index (κ3) is 3.97. The van der Waals surface area contributed by atoms with E-state index in [0.29, 0.717) is 43.4 Å². The minimum absolute atomic E-state index is 0.173. The van der Waals surface area contributed by atoms with Crippen molar-refractivity contribution in [2.75, 3.05) is 0 Å². The van der Waals surface area contributed by atoms with Crippen molar-refractivity contribution in [1.29, 1.82) is 0 Å². The van der Waals surface area contributed by atoms with Gasteiger partial charge in [0.05, 0.1) is 12.3 Å². The van der Waals surface area contributed by atoms with Crippen LogP contribution in [0.4, 0.5) is 0 Å². The molecule has 0 aromatic heterocycles. The van der Waals surface area contributed by atoms with Gasteiger partial charge >= 0.3 is 0 Å². The van der Waals surface area contributed by atoms with Crippen molar-refractivity contribution < 1.29 is 36.9 Å². The van der Waals surface area contributed by atoms with Gasteiger partial charge in [0, 0.05) is 5.92 Å². The molecule has 1 aliphatic heterocycles. The molecule has 2 aliphatic carbocycles. The second-order valence-corrected chi connectivity index (χ2v) is 9.20. The van der Waals surface area contributed by atoms with Crippen LogP contribution in [0.3, 0.4) is 0 Å². The van der Waals surface area contributed by atoms with E-state index in [4.69, 9.17) is 4.55 Å². The average molecular weight is 411 g/mol. The molecule has 1 atom stereocenters. The van der Waals surface area contributed by atoms with Gasteiger partial charge < -0.3 is 0 Å². The van der Waals surface area contributed by atoms with E-state index in [2.05, 4.69) is 0 Å². The van der Waals surface area contributed by atoms with Crippen molar-refractivity contribution in [2.24, 2.45) is 17.8 Å². The van der Waals surface area contributed by atoms with E-state index in [-0.39, 0.29) is 17.5 Å². The van der Waals surface area contributed by atoms with Crippen LogP contribution in [0.15, 0.2) is 12.2 Å². The summed E-state index contributed by atoms with van der Waals surface area (Å²) in [5.74, 6) is -4.10. The van der Waals surface area contributed by atoms with Crippen molar-refractivity contribution in [2.45, 2.75) is 50.2 Å². The zero-order valence-corrected chi connectivity index (χ0v) is 15.9. The quantitative estimate of drug-likeness (QED) is 0.390. The van der Waals surface area contributed by atoms with Gasteiger partial charge in [0.2, 0.25) is 11.8 Å². The average Bonchev–Trinajstić information content (AvgIpc) is 3.11. The van der Waals surface area contributed by atoms with E-state index in [0.717, 1.165) is 0 Å². The molecule has 1 unspecified atom stereocenters. The molecule has 0 aromatic rings. The summed E-state index contributed by atoms with van der Waals surface area (Å²) in [6.07, 6.45) is 5.18. The van der Waals surface area contributed by atoms with E-state index in [1.807, 2.05) is 0 Å². The van der Waals surface area contributed by atoms with Crippen molar-refractivity contribution in [1.82, 2.24) is 4.90 Å². The van der Waals surface area contributed by atoms with Crippen molar-refractivity contribution in [3.05, 3.63) is 12.2 Å². The second kappa shape index (κ2) is 7.67. The highest BCUT2D eigenvalue weighted by Gasteiger charge is 2.50. The fourth-order valence-corrected chi connectivity index (χ4v) is 4.89. The number of carbonyl (C=O) groups is 5. The highest BCUT2D eigenvalue weighted by Crippen LogP contribution is 2.35. The van der Waals surface area contributed by atoms with Crippen LogP contribution in [-0.4, -0.2) is 52.4 Å². The minimum atomic E-state index is -4.74. The number of imide groups is 3. The summed E-state index contributed by atoms with van der Waals surface area (Å²) in [5, 5.41) is -1.91. The first-order valence-corrected chi connectivity index (χ1v) is 10.7. The van der Waals surface area contributed by atoms with Gasteiger partial charge in [0.1, 0.15) is 0 Å². The first-order chi connectivity index (χ1) is 13.1. The summed E-state index contributed by atoms with van der Waals surface area (Å²) in [6, 6.07) is 0. The lowest BCUT2D eigenvalue weighted by Crippen LogP contribution is -2.43. The third-order valence-electron chi connectivity index (χ3n) is 5.84. The normalized spacial score (nSPS) is 29.2. The van der Waals surface area contributed by atoms with Gasteiger partial charge in [-0.2, -0.15) is 8.42 Å². The monoisotopic (exact) mass is 411 g/mol. The number of ketones is 2. The van der Waals surface area contributed by atoms with Crippen LogP contribution in [0.25, 0.3) is 0 Å². The van der Waals surface area contributed by atoms with Crippen LogP contribution < -0.4 is 0 Å².